The molecule has 0 unspecified atom stereocenters. The van der Waals surface area contributed by atoms with Crippen molar-refractivity contribution in [1.82, 2.24) is 4.98 Å². The van der Waals surface area contributed by atoms with Crippen LogP contribution in [0.4, 0.5) is 0 Å². The summed E-state index contributed by atoms with van der Waals surface area (Å²) in [7, 11) is 0. The van der Waals surface area contributed by atoms with Crippen molar-refractivity contribution in [2.75, 3.05) is 0 Å². The predicted molar refractivity (Wildman–Crippen MR) is 233 cm³/mol. The summed E-state index contributed by atoms with van der Waals surface area (Å²) in [4.78, 5) is 5.34. The van der Waals surface area contributed by atoms with E-state index in [0.717, 1.165) is 28.6 Å². The number of aryl methyl sites for hydroxylation is 2. The van der Waals surface area contributed by atoms with Crippen LogP contribution in [0.1, 0.15) is 61.8 Å². The molecule has 0 spiro atoms. The number of aromatic nitrogens is 1. The zero-order chi connectivity index (χ0) is 37.2. The minimum atomic E-state index is -0.0640. The van der Waals surface area contributed by atoms with Crippen LogP contribution < -0.4 is 0 Å². The smallest absolute Gasteiger partial charge is 0.0716 e. The van der Waals surface area contributed by atoms with Gasteiger partial charge >= 0.3 is 0 Å². The number of nitrogens with zero attached hydrogens (tertiary/aromatic N) is 1. The summed E-state index contributed by atoms with van der Waals surface area (Å²) in [5, 5.41) is 1.16. The van der Waals surface area contributed by atoms with E-state index in [0.29, 0.717) is 0 Å². The Labute approximate surface area is 326 Å². The van der Waals surface area contributed by atoms with Crippen LogP contribution in [0.3, 0.4) is 0 Å². The number of fused-ring (bicyclic) bond motifs is 4. The van der Waals surface area contributed by atoms with Crippen molar-refractivity contribution in [2.45, 2.75) is 57.8 Å². The lowest BCUT2D eigenvalue weighted by atomic mass is 9.82. The number of unbranched alkanes of at least 4 members (excludes halogenated alkanes) is 3. The Morgan fingerprint density at radius 1 is 0.382 bits per heavy atom. The summed E-state index contributed by atoms with van der Waals surface area (Å²) >= 11 is 0. The van der Waals surface area contributed by atoms with Gasteiger partial charge in [-0.25, -0.2) is 4.98 Å². The van der Waals surface area contributed by atoms with E-state index >= 15 is 0 Å². The van der Waals surface area contributed by atoms with Crippen LogP contribution in [0.2, 0.25) is 0 Å². The first-order valence-electron chi connectivity index (χ1n) is 20.0. The summed E-state index contributed by atoms with van der Waals surface area (Å²) in [6.45, 7) is 4.69. The van der Waals surface area contributed by atoms with Crippen LogP contribution >= 0.6 is 0 Å². The van der Waals surface area contributed by atoms with Crippen molar-refractivity contribution < 1.29 is 0 Å². The molecule has 0 radical (unpaired) electrons. The molecule has 1 aliphatic rings. The molecule has 0 fully saturated rings. The molecule has 1 aliphatic carbocycles. The van der Waals surface area contributed by atoms with Crippen molar-refractivity contribution >= 4 is 10.9 Å². The molecular formula is C54H47N. The normalized spacial score (nSPS) is 12.8. The number of benzene rings is 7. The van der Waals surface area contributed by atoms with Crippen molar-refractivity contribution in [3.8, 4) is 55.8 Å². The van der Waals surface area contributed by atoms with Gasteiger partial charge in [-0.3, -0.25) is 0 Å². The molecule has 0 aliphatic heterocycles. The lowest BCUT2D eigenvalue weighted by Crippen LogP contribution is -2.14. The number of hydrogen-bond donors (Lipinski definition) is 0. The maximum absolute atomic E-state index is 5.34. The lowest BCUT2D eigenvalue weighted by molar-refractivity contribution is 0.640. The molecule has 1 nitrogen and oxygen atoms in total. The molecular weight excluding hydrogens is 663 g/mol. The van der Waals surface area contributed by atoms with E-state index in [2.05, 4.69) is 190 Å². The fraction of sp³-hybridized carbons (Fsp3) is 0.167. The molecule has 0 amide bonds. The first kappa shape index (κ1) is 34.7. The molecule has 55 heavy (non-hydrogen) atoms. The Morgan fingerprint density at radius 3 is 1.73 bits per heavy atom. The third kappa shape index (κ3) is 6.92. The molecule has 8 aromatic rings. The van der Waals surface area contributed by atoms with Gasteiger partial charge < -0.3 is 0 Å². The number of hydrogen-bond acceptors (Lipinski definition) is 1. The molecule has 1 heterocycles. The molecule has 9 rings (SSSR count). The van der Waals surface area contributed by atoms with Crippen LogP contribution in [0, 0.1) is 0 Å². The highest BCUT2D eigenvalue weighted by Crippen LogP contribution is 2.49. The predicted octanol–water partition coefficient (Wildman–Crippen LogP) is 14.6. The second-order valence-corrected chi connectivity index (χ2v) is 15.7. The first-order valence-corrected chi connectivity index (χ1v) is 20.0. The van der Waals surface area contributed by atoms with E-state index in [1.54, 1.807) is 0 Å². The Bertz CT molecular complexity index is 2610. The molecule has 7 aromatic carbocycles. The Balaban J connectivity index is 1.02. The Hall–Kier alpha value is -6.05. The second kappa shape index (κ2) is 15.0. The van der Waals surface area contributed by atoms with Crippen molar-refractivity contribution in [3.05, 3.63) is 198 Å². The molecule has 0 N–H and O–H groups in total. The molecule has 1 heteroatoms. The SMILES string of the molecule is CC1(C)c2ccccc2-c2ccc(-c3cc(-c4ccccc4)c4cc(-c5ccccc5-c5cccc(CCCCCCc6ccccc6)c5)ccc4n3)cc21. The van der Waals surface area contributed by atoms with Gasteiger partial charge in [0.25, 0.3) is 0 Å². The highest BCUT2D eigenvalue weighted by molar-refractivity contribution is 6.00. The van der Waals surface area contributed by atoms with Gasteiger partial charge in [0.15, 0.2) is 0 Å². The van der Waals surface area contributed by atoms with Crippen LogP contribution in [0.5, 0.6) is 0 Å². The Morgan fingerprint density at radius 2 is 0.964 bits per heavy atom. The Kier molecular flexibility index (Phi) is 9.46. The third-order valence-electron chi connectivity index (χ3n) is 11.8. The highest BCUT2D eigenvalue weighted by atomic mass is 14.7. The summed E-state index contributed by atoms with van der Waals surface area (Å²) in [5.41, 5.74) is 18.8. The molecule has 1 aromatic heterocycles. The minimum Gasteiger partial charge on any atom is -0.248 e. The molecule has 0 saturated heterocycles. The van der Waals surface area contributed by atoms with Crippen LogP contribution in [-0.2, 0) is 18.3 Å². The summed E-state index contributed by atoms with van der Waals surface area (Å²) in [5.74, 6) is 0. The fourth-order valence-corrected chi connectivity index (χ4v) is 8.80. The average molecular weight is 710 g/mol. The van der Waals surface area contributed by atoms with Gasteiger partial charge in [0.05, 0.1) is 11.2 Å². The molecule has 0 atom stereocenters. The molecule has 268 valence electrons. The second-order valence-electron chi connectivity index (χ2n) is 15.7. The van der Waals surface area contributed by atoms with Crippen molar-refractivity contribution in [2.24, 2.45) is 0 Å². The number of rotatable bonds is 11. The van der Waals surface area contributed by atoms with Crippen LogP contribution in [0.15, 0.2) is 176 Å². The van der Waals surface area contributed by atoms with Crippen molar-refractivity contribution in [3.63, 3.8) is 0 Å². The minimum absolute atomic E-state index is 0.0640. The van der Waals surface area contributed by atoms with E-state index in [9.17, 15) is 0 Å². The quantitative estimate of drug-likeness (QED) is 0.122. The summed E-state index contributed by atoms with van der Waals surface area (Å²) < 4.78 is 0. The first-order chi connectivity index (χ1) is 27.0. The largest absolute Gasteiger partial charge is 0.248 e. The van der Waals surface area contributed by atoms with Gasteiger partial charge in [-0.15, -0.1) is 0 Å². The van der Waals surface area contributed by atoms with Gasteiger partial charge in [0.2, 0.25) is 0 Å². The average Bonchev–Trinajstić information content (AvgIpc) is 3.47. The van der Waals surface area contributed by atoms with Gasteiger partial charge in [-0.2, -0.15) is 0 Å². The van der Waals surface area contributed by atoms with Gasteiger partial charge in [0, 0.05) is 16.4 Å². The maximum atomic E-state index is 5.34. The topological polar surface area (TPSA) is 12.9 Å². The van der Waals surface area contributed by atoms with Crippen LogP contribution in [0.25, 0.3) is 66.7 Å². The zero-order valence-electron chi connectivity index (χ0n) is 31.9. The lowest BCUT2D eigenvalue weighted by Gasteiger charge is -2.22. The highest BCUT2D eigenvalue weighted by Gasteiger charge is 2.35. The van der Waals surface area contributed by atoms with E-state index in [1.807, 2.05) is 0 Å². The van der Waals surface area contributed by atoms with Gasteiger partial charge in [-0.05, 0) is 117 Å². The summed E-state index contributed by atoms with van der Waals surface area (Å²) in [6.07, 6.45) is 7.31. The van der Waals surface area contributed by atoms with E-state index < -0.39 is 0 Å². The zero-order valence-corrected chi connectivity index (χ0v) is 31.9. The fourth-order valence-electron chi connectivity index (χ4n) is 8.80. The monoisotopic (exact) mass is 709 g/mol. The van der Waals surface area contributed by atoms with E-state index in [4.69, 9.17) is 4.98 Å². The van der Waals surface area contributed by atoms with Crippen LogP contribution in [-0.4, -0.2) is 4.98 Å². The third-order valence-corrected chi connectivity index (χ3v) is 11.8. The molecule has 0 saturated carbocycles. The molecule has 0 bridgehead atoms. The van der Waals surface area contributed by atoms with Gasteiger partial charge in [0.1, 0.15) is 0 Å². The van der Waals surface area contributed by atoms with Crippen molar-refractivity contribution in [1.29, 1.82) is 0 Å². The number of pyridine rings is 1. The maximum Gasteiger partial charge on any atom is 0.0716 e. The van der Waals surface area contributed by atoms with Gasteiger partial charge in [-0.1, -0.05) is 178 Å². The summed E-state index contributed by atoms with van der Waals surface area (Å²) in [6, 6.07) is 64.6. The van der Waals surface area contributed by atoms with E-state index in [-0.39, 0.29) is 5.41 Å². The standard InChI is InChI=1S/C54H47N/c1-54(2)50-29-16-15-28-46(50)47-32-30-43(36-51(47)54)53-37-48(40-23-11-6-12-24-40)49-35-42(31-33-52(49)55-53)45-27-14-13-26-44(45)41-25-17-22-39(34-41)21-8-4-3-7-18-38-19-9-5-10-20-38/h5-6,9-17,19-20,22-37H,3-4,7-8,18,21H2,1-2H3. The van der Waals surface area contributed by atoms with E-state index in [1.165, 1.54) is 98.9 Å².